The van der Waals surface area contributed by atoms with Crippen molar-refractivity contribution in [3.8, 4) is 0 Å². The third kappa shape index (κ3) is 4.06. The zero-order valence-electron chi connectivity index (χ0n) is 14.9. The number of carbonyl (C=O) groups excluding carboxylic acids is 1. The number of benzene rings is 1. The van der Waals surface area contributed by atoms with Gasteiger partial charge in [-0.2, -0.15) is 15.6 Å². The molecule has 1 aliphatic rings. The van der Waals surface area contributed by atoms with Gasteiger partial charge in [-0.3, -0.25) is 4.79 Å². The van der Waals surface area contributed by atoms with Crippen LogP contribution < -0.4 is 0 Å². The molecule has 1 aromatic carbocycles. The molecule has 0 radical (unpaired) electrons. The average Bonchev–Trinajstić information content (AvgIpc) is 3.13. The van der Waals surface area contributed by atoms with Crippen molar-refractivity contribution >= 4 is 33.3 Å². The largest absolute Gasteiger partial charge is 0.337 e. The van der Waals surface area contributed by atoms with Gasteiger partial charge in [-0.15, -0.1) is 0 Å². The van der Waals surface area contributed by atoms with Gasteiger partial charge in [0.15, 0.2) is 0 Å². The monoisotopic (exact) mass is 390 g/mol. The maximum absolute atomic E-state index is 12.9. The standard InChI is InChI=1S/C19H22N2O3S2/c1-15-3-5-18(16(2)13-15)26(23,24)21-10-8-20(9-11-21)19(22)6-4-17-7-12-25-14-17/h3-7,12-14H,8-11H2,1-2H3/b6-4+. The van der Waals surface area contributed by atoms with E-state index in [0.29, 0.717) is 31.1 Å². The van der Waals surface area contributed by atoms with Crippen molar-refractivity contribution in [1.82, 2.24) is 9.21 Å². The molecule has 0 spiro atoms. The predicted octanol–water partition coefficient (Wildman–Crippen LogP) is 2.91. The lowest BCUT2D eigenvalue weighted by molar-refractivity contribution is -0.127. The van der Waals surface area contributed by atoms with E-state index in [9.17, 15) is 13.2 Å². The molecule has 0 bridgehead atoms. The molecule has 5 nitrogen and oxygen atoms in total. The molecule has 1 aromatic heterocycles. The molecule has 2 heterocycles. The van der Waals surface area contributed by atoms with Crippen LogP contribution >= 0.6 is 11.3 Å². The molecule has 26 heavy (non-hydrogen) atoms. The van der Waals surface area contributed by atoms with Gasteiger partial charge in [0.2, 0.25) is 15.9 Å². The predicted molar refractivity (Wildman–Crippen MR) is 105 cm³/mol. The van der Waals surface area contributed by atoms with Crippen molar-refractivity contribution in [2.45, 2.75) is 18.7 Å². The minimum Gasteiger partial charge on any atom is -0.337 e. The van der Waals surface area contributed by atoms with Crippen LogP contribution in [-0.2, 0) is 14.8 Å². The summed E-state index contributed by atoms with van der Waals surface area (Å²) in [5.74, 6) is -0.0836. The molecule has 0 unspecified atom stereocenters. The average molecular weight is 391 g/mol. The molecular formula is C19H22N2O3S2. The van der Waals surface area contributed by atoms with Gasteiger partial charge in [-0.1, -0.05) is 17.7 Å². The van der Waals surface area contributed by atoms with Gasteiger partial charge in [0.05, 0.1) is 4.90 Å². The highest BCUT2D eigenvalue weighted by molar-refractivity contribution is 7.89. The molecule has 0 aliphatic carbocycles. The van der Waals surface area contributed by atoms with E-state index in [1.54, 1.807) is 34.5 Å². The number of nitrogens with zero attached hydrogens (tertiary/aromatic N) is 2. The van der Waals surface area contributed by atoms with Crippen LogP contribution in [0.2, 0.25) is 0 Å². The highest BCUT2D eigenvalue weighted by atomic mass is 32.2. The highest BCUT2D eigenvalue weighted by Crippen LogP contribution is 2.22. The maximum Gasteiger partial charge on any atom is 0.246 e. The minimum atomic E-state index is -3.53. The van der Waals surface area contributed by atoms with Crippen LogP contribution in [0.1, 0.15) is 16.7 Å². The van der Waals surface area contributed by atoms with Crippen LogP contribution in [0.5, 0.6) is 0 Å². The molecule has 0 N–H and O–H groups in total. The summed E-state index contributed by atoms with van der Waals surface area (Å²) < 4.78 is 27.2. The van der Waals surface area contributed by atoms with Crippen LogP contribution in [0.25, 0.3) is 6.08 Å². The highest BCUT2D eigenvalue weighted by Gasteiger charge is 2.30. The SMILES string of the molecule is Cc1ccc(S(=O)(=O)N2CCN(C(=O)/C=C/c3ccsc3)CC2)c(C)c1. The van der Waals surface area contributed by atoms with Crippen molar-refractivity contribution in [2.75, 3.05) is 26.2 Å². The molecule has 0 atom stereocenters. The second-order valence-electron chi connectivity index (χ2n) is 6.39. The zero-order chi connectivity index (χ0) is 18.7. The van der Waals surface area contributed by atoms with Gasteiger partial charge < -0.3 is 4.90 Å². The smallest absolute Gasteiger partial charge is 0.246 e. The summed E-state index contributed by atoms with van der Waals surface area (Å²) in [4.78, 5) is 14.3. The number of sulfonamides is 1. The fraction of sp³-hybridized carbons (Fsp3) is 0.316. The molecule has 1 saturated heterocycles. The first-order valence-corrected chi connectivity index (χ1v) is 10.8. The molecule has 138 valence electrons. The van der Waals surface area contributed by atoms with E-state index in [4.69, 9.17) is 0 Å². The molecule has 7 heteroatoms. The second-order valence-corrected chi connectivity index (χ2v) is 9.07. The lowest BCUT2D eigenvalue weighted by atomic mass is 10.2. The van der Waals surface area contributed by atoms with Gasteiger partial charge in [-0.25, -0.2) is 8.42 Å². The minimum absolute atomic E-state index is 0.0836. The Morgan fingerprint density at radius 2 is 1.85 bits per heavy atom. The van der Waals surface area contributed by atoms with Crippen molar-refractivity contribution in [2.24, 2.45) is 0 Å². The van der Waals surface area contributed by atoms with Crippen LogP contribution in [-0.4, -0.2) is 49.7 Å². The summed E-state index contributed by atoms with van der Waals surface area (Å²) in [6.45, 7) is 5.18. The maximum atomic E-state index is 12.9. The van der Waals surface area contributed by atoms with Crippen molar-refractivity contribution in [1.29, 1.82) is 0 Å². The van der Waals surface area contributed by atoms with Gasteiger partial charge in [0.1, 0.15) is 0 Å². The third-order valence-corrected chi connectivity index (χ3v) is 7.22. The first kappa shape index (κ1) is 18.8. The third-order valence-electron chi connectivity index (χ3n) is 4.46. The van der Waals surface area contributed by atoms with E-state index in [1.807, 2.05) is 42.8 Å². The fourth-order valence-corrected chi connectivity index (χ4v) is 5.28. The van der Waals surface area contributed by atoms with E-state index >= 15 is 0 Å². The van der Waals surface area contributed by atoms with Crippen LogP contribution in [0.3, 0.4) is 0 Å². The Kier molecular flexibility index (Phi) is 5.60. The first-order chi connectivity index (χ1) is 12.4. The quantitative estimate of drug-likeness (QED) is 0.755. The van der Waals surface area contributed by atoms with E-state index in [1.165, 1.54) is 4.31 Å². The Morgan fingerprint density at radius 3 is 2.46 bits per heavy atom. The Hall–Kier alpha value is -1.96. The molecule has 3 rings (SSSR count). The fourth-order valence-electron chi connectivity index (χ4n) is 3.02. The number of hydrogen-bond donors (Lipinski definition) is 0. The lowest BCUT2D eigenvalue weighted by Crippen LogP contribution is -2.50. The molecular weight excluding hydrogens is 368 g/mol. The summed E-state index contributed by atoms with van der Waals surface area (Å²) in [5.41, 5.74) is 2.79. The molecule has 2 aromatic rings. The molecule has 1 fully saturated rings. The summed E-state index contributed by atoms with van der Waals surface area (Å²) in [7, 11) is -3.53. The lowest BCUT2D eigenvalue weighted by Gasteiger charge is -2.33. The van der Waals surface area contributed by atoms with E-state index in [2.05, 4.69) is 0 Å². The van der Waals surface area contributed by atoms with Crippen LogP contribution in [0.15, 0.2) is 46.0 Å². The van der Waals surface area contributed by atoms with Gasteiger partial charge >= 0.3 is 0 Å². The molecule has 0 saturated carbocycles. The number of carbonyl (C=O) groups is 1. The Labute approximate surface area is 158 Å². The number of hydrogen-bond acceptors (Lipinski definition) is 4. The van der Waals surface area contributed by atoms with E-state index < -0.39 is 10.0 Å². The van der Waals surface area contributed by atoms with E-state index in [-0.39, 0.29) is 5.91 Å². The Morgan fingerprint density at radius 1 is 1.12 bits per heavy atom. The molecule has 1 aliphatic heterocycles. The van der Waals surface area contributed by atoms with Crippen LogP contribution in [0.4, 0.5) is 0 Å². The van der Waals surface area contributed by atoms with Crippen LogP contribution in [0, 0.1) is 13.8 Å². The number of rotatable bonds is 4. The topological polar surface area (TPSA) is 57.7 Å². The Bertz CT molecular complexity index is 910. The van der Waals surface area contributed by atoms with Crippen molar-refractivity contribution < 1.29 is 13.2 Å². The zero-order valence-corrected chi connectivity index (χ0v) is 16.5. The van der Waals surface area contributed by atoms with Gasteiger partial charge in [0.25, 0.3) is 0 Å². The van der Waals surface area contributed by atoms with Crippen molar-refractivity contribution in [3.63, 3.8) is 0 Å². The summed E-state index contributed by atoms with van der Waals surface area (Å²) in [6.07, 6.45) is 3.34. The summed E-state index contributed by atoms with van der Waals surface area (Å²) in [6, 6.07) is 7.31. The van der Waals surface area contributed by atoms with E-state index in [0.717, 1.165) is 16.7 Å². The molecule has 1 amide bonds. The summed E-state index contributed by atoms with van der Waals surface area (Å²) in [5, 5.41) is 3.93. The second kappa shape index (κ2) is 7.73. The van der Waals surface area contributed by atoms with Crippen molar-refractivity contribution in [3.05, 3.63) is 57.8 Å². The van der Waals surface area contributed by atoms with Gasteiger partial charge in [0, 0.05) is 32.3 Å². The Balaban J connectivity index is 1.65. The first-order valence-electron chi connectivity index (χ1n) is 8.44. The number of piperazine rings is 1. The number of amides is 1. The number of aryl methyl sites for hydroxylation is 2. The number of thiophene rings is 1. The summed E-state index contributed by atoms with van der Waals surface area (Å²) >= 11 is 1.58. The van der Waals surface area contributed by atoms with Gasteiger partial charge in [-0.05, 0) is 53.9 Å². The normalized spacial score (nSPS) is 16.3.